The molecule has 0 heterocycles. The van der Waals surface area contributed by atoms with Crippen molar-refractivity contribution in [3.05, 3.63) is 64.2 Å². The van der Waals surface area contributed by atoms with Gasteiger partial charge in [0.25, 0.3) is 5.69 Å². The average Bonchev–Trinajstić information content (AvgIpc) is 2.61. The smallest absolute Gasteiger partial charge is 0.258 e. The largest absolute Gasteiger partial charge is 0.269 e. The van der Waals surface area contributed by atoms with Crippen molar-refractivity contribution in [1.29, 1.82) is 0 Å². The minimum absolute atomic E-state index is 0.102. The summed E-state index contributed by atoms with van der Waals surface area (Å²) in [4.78, 5) is 10.4. The molecule has 166 valence electrons. The number of aryl methyl sites for hydroxylation is 1. The molecule has 0 aromatic heterocycles. The fourth-order valence-corrected chi connectivity index (χ4v) is 4.57. The van der Waals surface area contributed by atoms with Crippen LogP contribution in [0.2, 0.25) is 0 Å². The van der Waals surface area contributed by atoms with E-state index in [4.69, 9.17) is 0 Å². The first kappa shape index (κ1) is 25.8. The summed E-state index contributed by atoms with van der Waals surface area (Å²) in [6, 6.07) is 11.9. The van der Waals surface area contributed by atoms with Gasteiger partial charge in [0.15, 0.2) is 19.7 Å². The molecule has 0 fully saturated rings. The summed E-state index contributed by atoms with van der Waals surface area (Å²) in [7, 11) is -6.63. The molecule has 0 saturated heterocycles. The van der Waals surface area contributed by atoms with Crippen molar-refractivity contribution in [3.63, 3.8) is 0 Å². The van der Waals surface area contributed by atoms with Crippen LogP contribution >= 0.6 is 0 Å². The number of rotatable bonds is 3. The number of benzene rings is 2. The second-order valence-electron chi connectivity index (χ2n) is 8.80. The lowest BCUT2D eigenvalue weighted by Crippen LogP contribution is -2.27. The Morgan fingerprint density at radius 2 is 0.967 bits per heavy atom. The Morgan fingerprint density at radius 1 is 0.667 bits per heavy atom. The number of sulfone groups is 2. The van der Waals surface area contributed by atoms with Crippen LogP contribution in [0.5, 0.6) is 0 Å². The van der Waals surface area contributed by atoms with Crippen LogP contribution in [0.25, 0.3) is 0 Å². The molecular formula is C21H29NO6S2. The summed E-state index contributed by atoms with van der Waals surface area (Å²) in [6.07, 6.45) is 0. The molecule has 0 aliphatic carbocycles. The van der Waals surface area contributed by atoms with E-state index in [0.717, 1.165) is 5.56 Å². The standard InChI is InChI=1S/C11H16O2S.C10H13NO4S/c1-9-5-7-10(8-6-9)14(12,13)11(2,3)4;1-10(2,3)16(14,15)9-6-4-8(5-7-9)11(12)13/h5-8H,1-4H3;4-7H,1-3H3. The van der Waals surface area contributed by atoms with Crippen molar-refractivity contribution in [2.45, 2.75) is 67.8 Å². The minimum atomic E-state index is -3.44. The Morgan fingerprint density at radius 3 is 1.23 bits per heavy atom. The van der Waals surface area contributed by atoms with E-state index in [2.05, 4.69) is 0 Å². The monoisotopic (exact) mass is 455 g/mol. The molecule has 0 bridgehead atoms. The lowest BCUT2D eigenvalue weighted by atomic mass is 10.2. The molecule has 0 spiro atoms. The number of hydrogen-bond acceptors (Lipinski definition) is 6. The number of nitrogens with zero attached hydrogens (tertiary/aromatic N) is 1. The van der Waals surface area contributed by atoms with Crippen LogP contribution in [-0.4, -0.2) is 31.3 Å². The highest BCUT2D eigenvalue weighted by Gasteiger charge is 2.31. The lowest BCUT2D eigenvalue weighted by Gasteiger charge is -2.19. The van der Waals surface area contributed by atoms with Gasteiger partial charge in [0.1, 0.15) is 0 Å². The summed E-state index contributed by atoms with van der Waals surface area (Å²) in [5.74, 6) is 0. The Labute approximate surface area is 179 Å². The van der Waals surface area contributed by atoms with Gasteiger partial charge in [-0.3, -0.25) is 10.1 Å². The van der Waals surface area contributed by atoms with Gasteiger partial charge in [-0.25, -0.2) is 16.8 Å². The second kappa shape index (κ2) is 8.85. The highest BCUT2D eigenvalue weighted by Crippen LogP contribution is 2.26. The molecule has 0 radical (unpaired) electrons. The van der Waals surface area contributed by atoms with Crippen molar-refractivity contribution in [1.82, 2.24) is 0 Å². The molecule has 9 heteroatoms. The number of non-ortho nitro benzene ring substituents is 1. The zero-order valence-electron chi connectivity index (χ0n) is 18.3. The Kier molecular flexibility index (Phi) is 7.60. The van der Waals surface area contributed by atoms with Crippen LogP contribution in [-0.2, 0) is 19.7 Å². The first-order valence-corrected chi connectivity index (χ1v) is 12.2. The van der Waals surface area contributed by atoms with E-state index in [1.165, 1.54) is 24.3 Å². The van der Waals surface area contributed by atoms with E-state index in [1.54, 1.807) is 53.7 Å². The van der Waals surface area contributed by atoms with Gasteiger partial charge in [-0.05, 0) is 72.7 Å². The van der Waals surface area contributed by atoms with Gasteiger partial charge in [0.2, 0.25) is 0 Å². The van der Waals surface area contributed by atoms with Gasteiger partial charge in [0.05, 0.1) is 24.2 Å². The van der Waals surface area contributed by atoms with Crippen LogP contribution < -0.4 is 0 Å². The maximum atomic E-state index is 12.0. The van der Waals surface area contributed by atoms with E-state index in [9.17, 15) is 26.9 Å². The average molecular weight is 456 g/mol. The lowest BCUT2D eigenvalue weighted by molar-refractivity contribution is -0.384. The SMILES string of the molecule is CC(C)(C)S(=O)(=O)c1ccc([N+](=O)[O-])cc1.Cc1ccc(S(=O)(=O)C(C)(C)C)cc1. The third-order valence-electron chi connectivity index (χ3n) is 4.30. The van der Waals surface area contributed by atoms with E-state index in [1.807, 2.05) is 19.1 Å². The molecule has 0 aliphatic heterocycles. The van der Waals surface area contributed by atoms with Crippen LogP contribution in [0.15, 0.2) is 58.3 Å². The third kappa shape index (κ3) is 5.89. The van der Waals surface area contributed by atoms with Gasteiger partial charge in [-0.15, -0.1) is 0 Å². The maximum absolute atomic E-state index is 12.0. The summed E-state index contributed by atoms with van der Waals surface area (Å²) >= 11 is 0. The Bertz CT molecular complexity index is 1090. The van der Waals surface area contributed by atoms with Crippen molar-refractivity contribution in [3.8, 4) is 0 Å². The van der Waals surface area contributed by atoms with Crippen LogP contribution in [0.3, 0.4) is 0 Å². The zero-order chi connectivity index (χ0) is 23.5. The molecule has 0 aliphatic rings. The van der Waals surface area contributed by atoms with Gasteiger partial charge >= 0.3 is 0 Å². The van der Waals surface area contributed by atoms with Crippen LogP contribution in [0.1, 0.15) is 47.1 Å². The highest BCUT2D eigenvalue weighted by molar-refractivity contribution is 7.93. The quantitative estimate of drug-likeness (QED) is 0.488. The first-order valence-electron chi connectivity index (χ1n) is 9.21. The molecule has 0 unspecified atom stereocenters. The summed E-state index contributed by atoms with van der Waals surface area (Å²) < 4.78 is 46.2. The Balaban J connectivity index is 0.000000303. The molecule has 0 amide bonds. The van der Waals surface area contributed by atoms with E-state index in [-0.39, 0.29) is 10.6 Å². The molecular weight excluding hydrogens is 426 g/mol. The maximum Gasteiger partial charge on any atom is 0.269 e. The van der Waals surface area contributed by atoms with Crippen LogP contribution in [0.4, 0.5) is 5.69 Å². The topological polar surface area (TPSA) is 111 Å². The van der Waals surface area contributed by atoms with Gasteiger partial charge in [-0.1, -0.05) is 17.7 Å². The van der Waals surface area contributed by atoms with Gasteiger partial charge in [0, 0.05) is 12.1 Å². The van der Waals surface area contributed by atoms with Crippen molar-refractivity contribution < 1.29 is 21.8 Å². The number of nitro benzene ring substituents is 1. The number of nitro groups is 1. The van der Waals surface area contributed by atoms with E-state index < -0.39 is 34.1 Å². The molecule has 30 heavy (non-hydrogen) atoms. The highest BCUT2D eigenvalue weighted by atomic mass is 32.2. The number of hydrogen-bond donors (Lipinski definition) is 0. The predicted molar refractivity (Wildman–Crippen MR) is 118 cm³/mol. The van der Waals surface area contributed by atoms with Crippen molar-refractivity contribution in [2.75, 3.05) is 0 Å². The predicted octanol–water partition coefficient (Wildman–Crippen LogP) is 4.73. The Hall–Kier alpha value is -2.26. The second-order valence-corrected chi connectivity index (χ2v) is 14.2. The van der Waals surface area contributed by atoms with Gasteiger partial charge in [-0.2, -0.15) is 0 Å². The normalized spacial score (nSPS) is 12.6. The molecule has 0 saturated carbocycles. The summed E-state index contributed by atoms with van der Waals surface area (Å²) in [5, 5.41) is 10.4. The van der Waals surface area contributed by atoms with E-state index in [0.29, 0.717) is 4.90 Å². The van der Waals surface area contributed by atoms with Crippen LogP contribution in [0, 0.1) is 17.0 Å². The van der Waals surface area contributed by atoms with Crippen molar-refractivity contribution in [2.24, 2.45) is 0 Å². The summed E-state index contributed by atoms with van der Waals surface area (Å²) in [6.45, 7) is 11.8. The molecule has 7 nitrogen and oxygen atoms in total. The minimum Gasteiger partial charge on any atom is -0.258 e. The first-order chi connectivity index (χ1) is 13.4. The van der Waals surface area contributed by atoms with Crippen molar-refractivity contribution >= 4 is 25.4 Å². The third-order valence-corrected chi connectivity index (χ3v) is 9.31. The van der Waals surface area contributed by atoms with E-state index >= 15 is 0 Å². The fourth-order valence-electron chi connectivity index (χ4n) is 2.17. The molecule has 0 N–H and O–H groups in total. The van der Waals surface area contributed by atoms with Gasteiger partial charge < -0.3 is 0 Å². The zero-order valence-corrected chi connectivity index (χ0v) is 20.0. The molecule has 2 rings (SSSR count). The molecule has 2 aromatic rings. The molecule has 2 aromatic carbocycles. The fraction of sp³-hybridized carbons (Fsp3) is 0.429. The molecule has 0 atom stereocenters. The summed E-state index contributed by atoms with van der Waals surface area (Å²) in [5.41, 5.74) is 0.950.